The van der Waals surface area contributed by atoms with E-state index in [0.717, 1.165) is 11.3 Å². The van der Waals surface area contributed by atoms with Gasteiger partial charge in [-0.25, -0.2) is 0 Å². The lowest BCUT2D eigenvalue weighted by atomic mass is 10.1. The maximum absolute atomic E-state index is 5.30. The third-order valence-corrected chi connectivity index (χ3v) is 2.93. The highest BCUT2D eigenvalue weighted by atomic mass is 16.5. The van der Waals surface area contributed by atoms with Crippen molar-refractivity contribution in [1.82, 2.24) is 20.3 Å². The summed E-state index contributed by atoms with van der Waals surface area (Å²) in [6.45, 7) is 1.74. The van der Waals surface area contributed by atoms with Crippen molar-refractivity contribution >= 4 is 0 Å². The van der Waals surface area contributed by atoms with Gasteiger partial charge in [-0.2, -0.15) is 9.97 Å². The zero-order valence-electron chi connectivity index (χ0n) is 11.7. The van der Waals surface area contributed by atoms with E-state index in [1.54, 1.807) is 14.0 Å². The molecule has 7 nitrogen and oxygen atoms in total. The SMILES string of the molecule is COc1ccccc1Cc1nc(Cc2noc(C)n2)no1. The van der Waals surface area contributed by atoms with Crippen molar-refractivity contribution in [2.45, 2.75) is 19.8 Å². The van der Waals surface area contributed by atoms with E-state index in [1.165, 1.54) is 0 Å². The number of aryl methyl sites for hydroxylation is 1. The molecule has 0 N–H and O–H groups in total. The fourth-order valence-corrected chi connectivity index (χ4v) is 2.00. The highest BCUT2D eigenvalue weighted by Crippen LogP contribution is 2.20. The molecular weight excluding hydrogens is 272 g/mol. The molecule has 0 amide bonds. The van der Waals surface area contributed by atoms with Crippen LogP contribution in [0.2, 0.25) is 0 Å². The number of nitrogens with zero attached hydrogens (tertiary/aromatic N) is 4. The molecule has 0 aliphatic carbocycles. The maximum Gasteiger partial charge on any atom is 0.231 e. The van der Waals surface area contributed by atoms with Gasteiger partial charge in [-0.15, -0.1) is 0 Å². The fourth-order valence-electron chi connectivity index (χ4n) is 2.00. The molecule has 0 aliphatic heterocycles. The van der Waals surface area contributed by atoms with E-state index in [9.17, 15) is 0 Å². The normalized spacial score (nSPS) is 10.8. The summed E-state index contributed by atoms with van der Waals surface area (Å²) in [5.74, 6) is 2.90. The van der Waals surface area contributed by atoms with E-state index in [-0.39, 0.29) is 0 Å². The van der Waals surface area contributed by atoms with Gasteiger partial charge in [0.25, 0.3) is 0 Å². The van der Waals surface area contributed by atoms with Gasteiger partial charge in [-0.05, 0) is 6.07 Å². The van der Waals surface area contributed by atoms with Crippen LogP contribution in [0.15, 0.2) is 33.3 Å². The van der Waals surface area contributed by atoms with Crippen LogP contribution in [0.25, 0.3) is 0 Å². The first-order valence-electron chi connectivity index (χ1n) is 6.47. The zero-order valence-corrected chi connectivity index (χ0v) is 11.7. The van der Waals surface area contributed by atoms with Gasteiger partial charge >= 0.3 is 0 Å². The van der Waals surface area contributed by atoms with Gasteiger partial charge in [0.05, 0.1) is 20.0 Å². The summed E-state index contributed by atoms with van der Waals surface area (Å²) in [7, 11) is 1.64. The maximum atomic E-state index is 5.30. The quantitative estimate of drug-likeness (QED) is 0.708. The Morgan fingerprint density at radius 2 is 1.76 bits per heavy atom. The predicted octanol–water partition coefficient (Wildman–Crippen LogP) is 1.95. The summed E-state index contributed by atoms with van der Waals surface area (Å²) >= 11 is 0. The molecule has 0 atom stereocenters. The molecule has 0 saturated heterocycles. The van der Waals surface area contributed by atoms with Crippen molar-refractivity contribution in [2.24, 2.45) is 0 Å². The minimum atomic E-state index is 0.382. The number of ether oxygens (including phenoxy) is 1. The monoisotopic (exact) mass is 286 g/mol. The Bertz CT molecular complexity index is 735. The Balaban J connectivity index is 1.73. The van der Waals surface area contributed by atoms with E-state index in [0.29, 0.717) is 36.3 Å². The van der Waals surface area contributed by atoms with E-state index < -0.39 is 0 Å². The second-order valence-corrected chi connectivity index (χ2v) is 4.50. The summed E-state index contributed by atoms with van der Waals surface area (Å²) in [6.07, 6.45) is 0.898. The van der Waals surface area contributed by atoms with Gasteiger partial charge in [-0.1, -0.05) is 28.5 Å². The second kappa shape index (κ2) is 5.74. The van der Waals surface area contributed by atoms with Crippen LogP contribution in [0.3, 0.4) is 0 Å². The zero-order chi connectivity index (χ0) is 14.7. The topological polar surface area (TPSA) is 87.1 Å². The van der Waals surface area contributed by atoms with E-state index in [2.05, 4.69) is 20.3 Å². The lowest BCUT2D eigenvalue weighted by Gasteiger charge is -2.04. The molecule has 0 unspecified atom stereocenters. The van der Waals surface area contributed by atoms with E-state index in [4.69, 9.17) is 13.8 Å². The molecule has 3 aromatic rings. The van der Waals surface area contributed by atoms with Gasteiger partial charge in [0, 0.05) is 12.5 Å². The van der Waals surface area contributed by atoms with Crippen molar-refractivity contribution < 1.29 is 13.8 Å². The molecule has 0 bridgehead atoms. The van der Waals surface area contributed by atoms with Crippen LogP contribution in [0.1, 0.15) is 29.0 Å². The van der Waals surface area contributed by atoms with Crippen LogP contribution in [0.5, 0.6) is 5.75 Å². The lowest BCUT2D eigenvalue weighted by molar-refractivity contribution is 0.373. The molecule has 0 radical (unpaired) electrons. The number of hydrogen-bond acceptors (Lipinski definition) is 7. The molecular formula is C14H14N4O3. The Hall–Kier alpha value is -2.70. The van der Waals surface area contributed by atoms with Gasteiger partial charge in [0.15, 0.2) is 11.6 Å². The van der Waals surface area contributed by atoms with E-state index in [1.807, 2.05) is 24.3 Å². The second-order valence-electron chi connectivity index (χ2n) is 4.50. The minimum absolute atomic E-state index is 0.382. The number of aromatic nitrogens is 4. The first-order chi connectivity index (χ1) is 10.2. The van der Waals surface area contributed by atoms with Crippen LogP contribution in [0, 0.1) is 6.92 Å². The van der Waals surface area contributed by atoms with E-state index >= 15 is 0 Å². The highest BCUT2D eigenvalue weighted by Gasteiger charge is 2.12. The minimum Gasteiger partial charge on any atom is -0.496 e. The highest BCUT2D eigenvalue weighted by molar-refractivity contribution is 5.34. The molecule has 7 heteroatoms. The summed E-state index contributed by atoms with van der Waals surface area (Å²) in [5.41, 5.74) is 0.991. The van der Waals surface area contributed by atoms with Crippen molar-refractivity contribution in [3.8, 4) is 5.75 Å². The molecule has 0 saturated carbocycles. The van der Waals surface area contributed by atoms with Crippen LogP contribution in [0.4, 0.5) is 0 Å². The molecule has 0 fully saturated rings. The van der Waals surface area contributed by atoms with Gasteiger partial charge < -0.3 is 13.8 Å². The van der Waals surface area contributed by atoms with Crippen LogP contribution >= 0.6 is 0 Å². The molecule has 0 aliphatic rings. The Labute approximate surface area is 120 Å². The van der Waals surface area contributed by atoms with Gasteiger partial charge in [0.1, 0.15) is 5.75 Å². The summed E-state index contributed by atoms with van der Waals surface area (Å²) in [6, 6.07) is 7.72. The predicted molar refractivity (Wildman–Crippen MR) is 71.9 cm³/mol. The van der Waals surface area contributed by atoms with Crippen molar-refractivity contribution in [3.05, 3.63) is 53.3 Å². The average molecular weight is 286 g/mol. The molecule has 21 heavy (non-hydrogen) atoms. The number of rotatable bonds is 5. The molecule has 108 valence electrons. The number of para-hydroxylation sites is 1. The third-order valence-electron chi connectivity index (χ3n) is 2.93. The Morgan fingerprint density at radius 3 is 2.52 bits per heavy atom. The molecule has 3 rings (SSSR count). The number of hydrogen-bond donors (Lipinski definition) is 0. The lowest BCUT2D eigenvalue weighted by Crippen LogP contribution is -1.96. The molecule has 2 heterocycles. The van der Waals surface area contributed by atoms with Crippen molar-refractivity contribution in [1.29, 1.82) is 0 Å². The Kier molecular flexibility index (Phi) is 3.63. The Morgan fingerprint density at radius 1 is 1.00 bits per heavy atom. The first kappa shape index (κ1) is 13.3. The van der Waals surface area contributed by atoms with Crippen LogP contribution in [-0.2, 0) is 12.8 Å². The number of benzene rings is 1. The molecule has 1 aromatic carbocycles. The summed E-state index contributed by atoms with van der Waals surface area (Å²) in [5, 5.41) is 7.73. The van der Waals surface area contributed by atoms with Crippen molar-refractivity contribution in [3.63, 3.8) is 0 Å². The summed E-state index contributed by atoms with van der Waals surface area (Å²) < 4.78 is 15.5. The number of methoxy groups -OCH3 is 1. The van der Waals surface area contributed by atoms with Crippen molar-refractivity contribution in [2.75, 3.05) is 7.11 Å². The fraction of sp³-hybridized carbons (Fsp3) is 0.286. The van der Waals surface area contributed by atoms with Crippen LogP contribution in [-0.4, -0.2) is 27.4 Å². The first-order valence-corrected chi connectivity index (χ1v) is 6.47. The van der Waals surface area contributed by atoms with Crippen LogP contribution < -0.4 is 4.74 Å². The summed E-state index contributed by atoms with van der Waals surface area (Å²) in [4.78, 5) is 8.44. The molecule has 0 spiro atoms. The smallest absolute Gasteiger partial charge is 0.231 e. The average Bonchev–Trinajstić information content (AvgIpc) is 3.09. The third kappa shape index (κ3) is 3.07. The standard InChI is InChI=1S/C14H14N4O3/c1-9-15-12(17-20-9)8-13-16-14(21-18-13)7-10-5-3-4-6-11(10)19-2/h3-6H,7-8H2,1-2H3. The largest absolute Gasteiger partial charge is 0.496 e. The van der Waals surface area contributed by atoms with Gasteiger partial charge in [-0.3, -0.25) is 0 Å². The van der Waals surface area contributed by atoms with Gasteiger partial charge in [0.2, 0.25) is 11.8 Å². The molecule has 2 aromatic heterocycles.